The topological polar surface area (TPSA) is 84.5 Å². The summed E-state index contributed by atoms with van der Waals surface area (Å²) in [5.74, 6) is 0. The van der Waals surface area contributed by atoms with Crippen LogP contribution < -0.4 is 10.0 Å². The van der Waals surface area contributed by atoms with E-state index < -0.39 is 16.1 Å². The number of carbonyl (C=O) groups excluding carboxylic acids is 1. The first-order chi connectivity index (χ1) is 12.2. The van der Waals surface area contributed by atoms with Crippen molar-refractivity contribution in [3.63, 3.8) is 0 Å². The minimum absolute atomic E-state index is 0.267. The van der Waals surface area contributed by atoms with Crippen LogP contribution >= 0.6 is 11.3 Å². The summed E-state index contributed by atoms with van der Waals surface area (Å²) >= 11 is 1.20. The van der Waals surface area contributed by atoms with Crippen molar-refractivity contribution in [1.29, 1.82) is 0 Å². The molecule has 2 N–H and O–H groups in total. The van der Waals surface area contributed by atoms with Crippen LogP contribution in [0.1, 0.15) is 34.5 Å². The average molecular weight is 397 g/mol. The number of aryl methyl sites for hydroxylation is 2. The first-order valence-electron chi connectivity index (χ1n) is 8.23. The molecule has 0 fully saturated rings. The number of alkyl carbamates (subject to hydrolysis) is 1. The Morgan fingerprint density at radius 2 is 1.85 bits per heavy atom. The maximum absolute atomic E-state index is 12.7. The van der Waals surface area contributed by atoms with Gasteiger partial charge in [0.05, 0.1) is 7.11 Å². The molecular formula is C18H24N2O4S2. The zero-order valence-electron chi connectivity index (χ0n) is 15.3. The second-order valence-electron chi connectivity index (χ2n) is 6.04. The van der Waals surface area contributed by atoms with Gasteiger partial charge in [-0.05, 0) is 56.0 Å². The smallest absolute Gasteiger partial charge is 0.406 e. The number of benzene rings is 1. The van der Waals surface area contributed by atoms with Crippen LogP contribution in [0.25, 0.3) is 0 Å². The highest BCUT2D eigenvalue weighted by Gasteiger charge is 2.22. The van der Waals surface area contributed by atoms with Gasteiger partial charge in [0.1, 0.15) is 4.21 Å². The quantitative estimate of drug-likeness (QED) is 0.752. The van der Waals surface area contributed by atoms with Crippen molar-refractivity contribution in [1.82, 2.24) is 10.0 Å². The largest absolute Gasteiger partial charge is 0.453 e. The lowest BCUT2D eigenvalue weighted by molar-refractivity contribution is 0.171. The van der Waals surface area contributed by atoms with E-state index in [1.807, 2.05) is 39.0 Å². The molecule has 1 amide bonds. The summed E-state index contributed by atoms with van der Waals surface area (Å²) in [7, 11) is -2.31. The standard InChI is InChI=1S/C18H24N2O4S2/c1-12-6-5-7-13(2)17(12)14(3)20-26(22,23)16-9-8-15(25-16)10-11-19-18(21)24-4/h5-9,14,20H,10-11H2,1-4H3,(H,19,21)/t14-/m1/s1. The molecule has 0 unspecified atom stereocenters. The van der Waals surface area contributed by atoms with E-state index in [0.29, 0.717) is 13.0 Å². The monoisotopic (exact) mass is 396 g/mol. The molecule has 0 bridgehead atoms. The van der Waals surface area contributed by atoms with Crippen LogP contribution in [0.4, 0.5) is 4.79 Å². The number of rotatable bonds is 7. The number of nitrogens with one attached hydrogen (secondary N) is 2. The van der Waals surface area contributed by atoms with Crippen LogP contribution in [0.3, 0.4) is 0 Å². The molecule has 1 heterocycles. The molecule has 0 aliphatic rings. The molecule has 26 heavy (non-hydrogen) atoms. The van der Waals surface area contributed by atoms with Gasteiger partial charge in [0, 0.05) is 17.5 Å². The SMILES string of the molecule is COC(=O)NCCc1ccc(S(=O)(=O)N[C@H](C)c2c(C)cccc2C)s1. The summed E-state index contributed by atoms with van der Waals surface area (Å²) in [6.45, 7) is 6.19. The van der Waals surface area contributed by atoms with Gasteiger partial charge in [-0.2, -0.15) is 0 Å². The summed E-state index contributed by atoms with van der Waals surface area (Å²) in [6.07, 6.45) is 0.0420. The van der Waals surface area contributed by atoms with Crippen LogP contribution in [0, 0.1) is 13.8 Å². The Bertz CT molecular complexity index is 855. The predicted octanol–water partition coefficient (Wildman–Crippen LogP) is 3.30. The number of sulfonamides is 1. The Morgan fingerprint density at radius 1 is 1.19 bits per heavy atom. The second kappa shape index (κ2) is 8.66. The fourth-order valence-electron chi connectivity index (χ4n) is 2.86. The van der Waals surface area contributed by atoms with Crippen LogP contribution in [-0.2, 0) is 21.2 Å². The van der Waals surface area contributed by atoms with Gasteiger partial charge < -0.3 is 10.1 Å². The van der Waals surface area contributed by atoms with Gasteiger partial charge in [-0.1, -0.05) is 18.2 Å². The predicted molar refractivity (Wildman–Crippen MR) is 103 cm³/mol. The van der Waals surface area contributed by atoms with Crippen molar-refractivity contribution in [2.45, 2.75) is 37.4 Å². The third kappa shape index (κ3) is 5.06. The van der Waals surface area contributed by atoms with Crippen LogP contribution in [-0.4, -0.2) is 28.2 Å². The van der Waals surface area contributed by atoms with Crippen LogP contribution in [0.15, 0.2) is 34.5 Å². The molecule has 6 nitrogen and oxygen atoms in total. The van der Waals surface area contributed by atoms with Gasteiger partial charge >= 0.3 is 6.09 Å². The number of thiophene rings is 1. The van der Waals surface area contributed by atoms with Crippen molar-refractivity contribution < 1.29 is 17.9 Å². The Morgan fingerprint density at radius 3 is 2.46 bits per heavy atom. The minimum atomic E-state index is -3.61. The van der Waals surface area contributed by atoms with Gasteiger partial charge in [-0.25, -0.2) is 17.9 Å². The number of amides is 1. The van der Waals surface area contributed by atoms with E-state index in [1.165, 1.54) is 18.4 Å². The Balaban J connectivity index is 2.07. The van der Waals surface area contributed by atoms with Crippen molar-refractivity contribution in [2.75, 3.05) is 13.7 Å². The summed E-state index contributed by atoms with van der Waals surface area (Å²) in [5.41, 5.74) is 3.11. The molecule has 0 spiro atoms. The Hall–Kier alpha value is -1.90. The molecule has 0 saturated heterocycles. The number of methoxy groups -OCH3 is 1. The zero-order chi connectivity index (χ0) is 19.3. The van der Waals surface area contributed by atoms with E-state index >= 15 is 0 Å². The van der Waals surface area contributed by atoms with E-state index in [0.717, 1.165) is 21.6 Å². The number of ether oxygens (including phenoxy) is 1. The van der Waals surface area contributed by atoms with Crippen molar-refractivity contribution in [3.05, 3.63) is 51.9 Å². The maximum atomic E-state index is 12.7. The molecule has 2 aromatic rings. The lowest BCUT2D eigenvalue weighted by Crippen LogP contribution is -2.27. The van der Waals surface area contributed by atoms with Crippen molar-refractivity contribution in [2.24, 2.45) is 0 Å². The molecule has 1 aromatic carbocycles. The Kier molecular flexibility index (Phi) is 6.80. The molecule has 0 radical (unpaired) electrons. The summed E-state index contributed by atoms with van der Waals surface area (Å²) in [4.78, 5) is 11.9. The highest BCUT2D eigenvalue weighted by molar-refractivity contribution is 7.91. The van der Waals surface area contributed by atoms with Crippen molar-refractivity contribution in [3.8, 4) is 0 Å². The third-order valence-corrected chi connectivity index (χ3v) is 7.21. The highest BCUT2D eigenvalue weighted by Crippen LogP contribution is 2.26. The summed E-state index contributed by atoms with van der Waals surface area (Å²) in [5, 5.41) is 2.58. The fourth-order valence-corrected chi connectivity index (χ4v) is 5.44. The van der Waals surface area contributed by atoms with E-state index in [2.05, 4.69) is 14.8 Å². The first-order valence-corrected chi connectivity index (χ1v) is 10.5. The van der Waals surface area contributed by atoms with Gasteiger partial charge in [-0.15, -0.1) is 11.3 Å². The van der Waals surface area contributed by atoms with Gasteiger partial charge in [0.25, 0.3) is 10.0 Å². The number of hydrogen-bond acceptors (Lipinski definition) is 5. The molecule has 1 atom stereocenters. The van der Waals surface area contributed by atoms with Crippen LogP contribution in [0.5, 0.6) is 0 Å². The zero-order valence-corrected chi connectivity index (χ0v) is 17.0. The third-order valence-electron chi connectivity index (χ3n) is 4.04. The summed E-state index contributed by atoms with van der Waals surface area (Å²) < 4.78 is 32.9. The second-order valence-corrected chi connectivity index (χ2v) is 9.15. The van der Waals surface area contributed by atoms with E-state index in [9.17, 15) is 13.2 Å². The molecular weight excluding hydrogens is 372 g/mol. The normalized spacial score (nSPS) is 12.6. The number of hydrogen-bond donors (Lipinski definition) is 2. The molecule has 0 saturated carbocycles. The first kappa shape index (κ1) is 20.4. The fraction of sp³-hybridized carbons (Fsp3) is 0.389. The van der Waals surface area contributed by atoms with Gasteiger partial charge in [0.15, 0.2) is 0 Å². The molecule has 2 rings (SSSR count). The van der Waals surface area contributed by atoms with Gasteiger partial charge in [0.2, 0.25) is 0 Å². The average Bonchev–Trinajstić information content (AvgIpc) is 3.04. The summed E-state index contributed by atoms with van der Waals surface area (Å²) in [6, 6.07) is 8.95. The van der Waals surface area contributed by atoms with Gasteiger partial charge in [-0.3, -0.25) is 0 Å². The highest BCUT2D eigenvalue weighted by atomic mass is 32.2. The van der Waals surface area contributed by atoms with E-state index in [1.54, 1.807) is 12.1 Å². The van der Waals surface area contributed by atoms with E-state index in [-0.39, 0.29) is 10.3 Å². The molecule has 0 aliphatic carbocycles. The Labute approximate surface area is 158 Å². The molecule has 8 heteroatoms. The van der Waals surface area contributed by atoms with Crippen LogP contribution in [0.2, 0.25) is 0 Å². The molecule has 142 valence electrons. The molecule has 1 aromatic heterocycles. The lowest BCUT2D eigenvalue weighted by Gasteiger charge is -2.18. The lowest BCUT2D eigenvalue weighted by atomic mass is 9.98. The maximum Gasteiger partial charge on any atom is 0.406 e. The number of carbonyl (C=O) groups is 1. The molecule has 0 aliphatic heterocycles. The minimum Gasteiger partial charge on any atom is -0.453 e. The van der Waals surface area contributed by atoms with Crippen molar-refractivity contribution >= 4 is 27.5 Å². The van der Waals surface area contributed by atoms with E-state index in [4.69, 9.17) is 0 Å².